The van der Waals surface area contributed by atoms with Gasteiger partial charge in [-0.15, -0.1) is 0 Å². The number of nitrogens with zero attached hydrogens (tertiary/aromatic N) is 3. The van der Waals surface area contributed by atoms with Gasteiger partial charge in [-0.3, -0.25) is 4.79 Å². The summed E-state index contributed by atoms with van der Waals surface area (Å²) in [5.74, 6) is 2.09. The van der Waals surface area contributed by atoms with Gasteiger partial charge in [0.15, 0.2) is 5.82 Å². The first kappa shape index (κ1) is 18.4. The Labute approximate surface area is 169 Å². The highest BCUT2D eigenvalue weighted by molar-refractivity contribution is 5.84. The van der Waals surface area contributed by atoms with Crippen LogP contribution in [0.4, 0.5) is 0 Å². The molecule has 1 N–H and O–H groups in total. The van der Waals surface area contributed by atoms with Gasteiger partial charge in [-0.1, -0.05) is 23.4 Å². The van der Waals surface area contributed by atoms with Gasteiger partial charge in [0.1, 0.15) is 6.61 Å². The van der Waals surface area contributed by atoms with E-state index in [0.29, 0.717) is 24.8 Å². The van der Waals surface area contributed by atoms with E-state index >= 15 is 0 Å². The second-order valence-corrected chi connectivity index (χ2v) is 8.07. The molecule has 1 aliphatic heterocycles. The minimum atomic E-state index is 0.143. The summed E-state index contributed by atoms with van der Waals surface area (Å²) in [4.78, 5) is 22.3. The molecule has 3 aromatic rings. The number of aromatic nitrogens is 3. The van der Waals surface area contributed by atoms with Gasteiger partial charge in [-0.2, -0.15) is 4.98 Å². The van der Waals surface area contributed by atoms with Gasteiger partial charge in [-0.25, -0.2) is 0 Å². The molecule has 1 saturated carbocycles. The highest BCUT2D eigenvalue weighted by atomic mass is 16.5. The Kier molecular flexibility index (Phi) is 5.06. The standard InChI is InChI=1S/C22H26N4O3/c27-21(8-7-16-13-23-19-4-2-1-3-18(16)19)26-11-9-17(10-12-26)28-14-20-24-22(25-29-20)15-5-6-15/h1-4,13,15,17,23H,5-12,14H2. The number of rotatable bonds is 7. The van der Waals surface area contributed by atoms with E-state index in [4.69, 9.17) is 9.26 Å². The van der Waals surface area contributed by atoms with Crippen LogP contribution in [0.15, 0.2) is 35.0 Å². The maximum Gasteiger partial charge on any atom is 0.252 e. The van der Waals surface area contributed by atoms with Crippen LogP contribution < -0.4 is 0 Å². The normalized spacial score (nSPS) is 17.9. The topological polar surface area (TPSA) is 84.2 Å². The molecule has 7 nitrogen and oxygen atoms in total. The van der Waals surface area contributed by atoms with E-state index in [1.165, 1.54) is 10.9 Å². The van der Waals surface area contributed by atoms with Crippen LogP contribution in [-0.2, 0) is 22.6 Å². The van der Waals surface area contributed by atoms with Gasteiger partial charge in [0.25, 0.3) is 5.89 Å². The molecule has 1 saturated heterocycles. The molecule has 29 heavy (non-hydrogen) atoms. The molecule has 2 aromatic heterocycles. The number of fused-ring (bicyclic) bond motifs is 1. The molecule has 2 fully saturated rings. The summed E-state index contributed by atoms with van der Waals surface area (Å²) in [6, 6.07) is 8.22. The largest absolute Gasteiger partial charge is 0.368 e. The molecule has 0 spiro atoms. The summed E-state index contributed by atoms with van der Waals surface area (Å²) in [6.45, 7) is 1.85. The number of likely N-dealkylation sites (tertiary alicyclic amines) is 1. The summed E-state index contributed by atoms with van der Waals surface area (Å²) in [6.07, 6.45) is 7.48. The lowest BCUT2D eigenvalue weighted by molar-refractivity contribution is -0.134. The van der Waals surface area contributed by atoms with Gasteiger partial charge in [0.05, 0.1) is 6.10 Å². The van der Waals surface area contributed by atoms with E-state index < -0.39 is 0 Å². The molecule has 0 radical (unpaired) electrons. The van der Waals surface area contributed by atoms with E-state index in [0.717, 1.165) is 56.5 Å². The third-order valence-electron chi connectivity index (χ3n) is 5.95. The summed E-state index contributed by atoms with van der Waals surface area (Å²) < 4.78 is 11.2. The highest BCUT2D eigenvalue weighted by Crippen LogP contribution is 2.38. The first-order valence-corrected chi connectivity index (χ1v) is 10.5. The number of hydrogen-bond donors (Lipinski definition) is 1. The fourth-order valence-corrected chi connectivity index (χ4v) is 4.03. The number of aryl methyl sites for hydroxylation is 1. The maximum absolute atomic E-state index is 12.6. The third-order valence-corrected chi connectivity index (χ3v) is 5.95. The zero-order chi connectivity index (χ0) is 19.6. The highest BCUT2D eigenvalue weighted by Gasteiger charge is 2.29. The van der Waals surface area contributed by atoms with E-state index in [1.807, 2.05) is 23.2 Å². The van der Waals surface area contributed by atoms with Crippen molar-refractivity contribution in [2.75, 3.05) is 13.1 Å². The summed E-state index contributed by atoms with van der Waals surface area (Å²) >= 11 is 0. The number of carbonyl (C=O) groups is 1. The smallest absolute Gasteiger partial charge is 0.252 e. The Morgan fingerprint density at radius 2 is 2.03 bits per heavy atom. The van der Waals surface area contributed by atoms with Crippen LogP contribution in [-0.4, -0.2) is 45.1 Å². The molecule has 1 aromatic carbocycles. The molecular weight excluding hydrogens is 368 g/mol. The zero-order valence-corrected chi connectivity index (χ0v) is 16.5. The van der Waals surface area contributed by atoms with Gasteiger partial charge in [-0.05, 0) is 43.7 Å². The zero-order valence-electron chi connectivity index (χ0n) is 16.5. The van der Waals surface area contributed by atoms with Crippen molar-refractivity contribution >= 4 is 16.8 Å². The Morgan fingerprint density at radius 1 is 1.21 bits per heavy atom. The molecule has 7 heteroatoms. The lowest BCUT2D eigenvalue weighted by atomic mass is 10.1. The van der Waals surface area contributed by atoms with Crippen LogP contribution in [0.3, 0.4) is 0 Å². The number of H-pyrrole nitrogens is 1. The minimum Gasteiger partial charge on any atom is -0.368 e. The lowest BCUT2D eigenvalue weighted by Gasteiger charge is -2.31. The van der Waals surface area contributed by atoms with Crippen molar-refractivity contribution < 1.29 is 14.1 Å². The quantitative estimate of drug-likeness (QED) is 0.662. The molecule has 0 unspecified atom stereocenters. The monoisotopic (exact) mass is 394 g/mol. The molecular formula is C22H26N4O3. The molecule has 1 amide bonds. The predicted molar refractivity (Wildman–Crippen MR) is 107 cm³/mol. The third kappa shape index (κ3) is 4.19. The maximum atomic E-state index is 12.6. The first-order chi connectivity index (χ1) is 14.3. The summed E-state index contributed by atoms with van der Waals surface area (Å²) in [5.41, 5.74) is 2.33. The number of nitrogens with one attached hydrogen (secondary N) is 1. The average Bonchev–Trinajstić information content (AvgIpc) is 3.36. The van der Waals surface area contributed by atoms with Crippen LogP contribution in [0, 0.1) is 0 Å². The van der Waals surface area contributed by atoms with Crippen molar-refractivity contribution in [1.82, 2.24) is 20.0 Å². The number of carbonyl (C=O) groups excluding carboxylic acids is 1. The van der Waals surface area contributed by atoms with E-state index in [1.54, 1.807) is 0 Å². The van der Waals surface area contributed by atoms with Crippen LogP contribution >= 0.6 is 0 Å². The molecule has 3 heterocycles. The van der Waals surface area contributed by atoms with Gasteiger partial charge in [0, 0.05) is 42.5 Å². The van der Waals surface area contributed by atoms with Crippen molar-refractivity contribution in [3.8, 4) is 0 Å². The van der Waals surface area contributed by atoms with Crippen LogP contribution in [0.5, 0.6) is 0 Å². The van der Waals surface area contributed by atoms with Gasteiger partial charge < -0.3 is 19.1 Å². The van der Waals surface area contributed by atoms with Gasteiger partial charge >= 0.3 is 0 Å². The number of amides is 1. The van der Waals surface area contributed by atoms with E-state index in [-0.39, 0.29) is 12.0 Å². The Hall–Kier alpha value is -2.67. The fraction of sp³-hybridized carbons (Fsp3) is 0.500. The molecule has 5 rings (SSSR count). The van der Waals surface area contributed by atoms with E-state index in [2.05, 4.69) is 27.3 Å². The fourth-order valence-electron chi connectivity index (χ4n) is 4.03. The number of piperidine rings is 1. The number of aromatic amines is 1. The van der Waals surface area contributed by atoms with Crippen molar-refractivity contribution in [3.63, 3.8) is 0 Å². The van der Waals surface area contributed by atoms with Crippen LogP contribution in [0.2, 0.25) is 0 Å². The molecule has 2 aliphatic rings. The number of para-hydroxylation sites is 1. The molecule has 0 bridgehead atoms. The summed E-state index contributed by atoms with van der Waals surface area (Å²) in [7, 11) is 0. The Balaban J connectivity index is 1.06. The van der Waals surface area contributed by atoms with Crippen molar-refractivity contribution in [2.45, 2.75) is 57.2 Å². The second-order valence-electron chi connectivity index (χ2n) is 8.07. The van der Waals surface area contributed by atoms with Crippen molar-refractivity contribution in [1.29, 1.82) is 0 Å². The first-order valence-electron chi connectivity index (χ1n) is 10.5. The molecule has 0 atom stereocenters. The number of ether oxygens (including phenoxy) is 1. The predicted octanol–water partition coefficient (Wildman–Crippen LogP) is 3.57. The van der Waals surface area contributed by atoms with Crippen molar-refractivity contribution in [2.24, 2.45) is 0 Å². The minimum absolute atomic E-state index is 0.143. The average molecular weight is 394 g/mol. The lowest BCUT2D eigenvalue weighted by Crippen LogP contribution is -2.40. The SMILES string of the molecule is O=C(CCc1c[nH]c2ccccc12)N1CCC(OCc2nc(C3CC3)no2)CC1. The second kappa shape index (κ2) is 7.99. The summed E-state index contributed by atoms with van der Waals surface area (Å²) in [5, 5.41) is 5.22. The van der Waals surface area contributed by atoms with E-state index in [9.17, 15) is 4.79 Å². The number of benzene rings is 1. The van der Waals surface area contributed by atoms with Crippen LogP contribution in [0.25, 0.3) is 10.9 Å². The van der Waals surface area contributed by atoms with Gasteiger partial charge in [0.2, 0.25) is 5.91 Å². The Bertz CT molecular complexity index is 983. The Morgan fingerprint density at radius 3 is 2.86 bits per heavy atom. The number of hydrogen-bond acceptors (Lipinski definition) is 5. The van der Waals surface area contributed by atoms with Crippen molar-refractivity contribution in [3.05, 3.63) is 47.7 Å². The molecule has 152 valence electrons. The molecule has 1 aliphatic carbocycles. The van der Waals surface area contributed by atoms with Crippen LogP contribution in [0.1, 0.15) is 55.3 Å².